The van der Waals surface area contributed by atoms with Gasteiger partial charge in [0.15, 0.2) is 0 Å². The number of ether oxygens (including phenoxy) is 1. The fourth-order valence-electron chi connectivity index (χ4n) is 3.66. The topological polar surface area (TPSA) is 108 Å². The third kappa shape index (κ3) is 5.47. The van der Waals surface area contributed by atoms with Crippen LogP contribution in [0.15, 0.2) is 24.0 Å². The van der Waals surface area contributed by atoms with Gasteiger partial charge in [-0.2, -0.15) is 0 Å². The molecule has 158 valence electrons. The van der Waals surface area contributed by atoms with E-state index < -0.39 is 0 Å². The summed E-state index contributed by atoms with van der Waals surface area (Å²) < 4.78 is 7.93. The second-order valence-electron chi connectivity index (χ2n) is 7.79. The van der Waals surface area contributed by atoms with Gasteiger partial charge in [0.25, 0.3) is 0 Å². The number of hydrazine groups is 1. The number of nitrogens with zero attached hydrogens (tertiary/aromatic N) is 5. The Morgan fingerprint density at radius 1 is 1.28 bits per heavy atom. The summed E-state index contributed by atoms with van der Waals surface area (Å²) in [4.78, 5) is 4.68. The summed E-state index contributed by atoms with van der Waals surface area (Å²) in [6.45, 7) is 4.50. The van der Waals surface area contributed by atoms with Crippen molar-refractivity contribution in [1.29, 1.82) is 0 Å². The zero-order valence-corrected chi connectivity index (χ0v) is 17.8. The monoisotopic (exact) mass is 399 g/mol. The normalized spacial score (nSPS) is 15.9. The number of pyridine rings is 1. The highest BCUT2D eigenvalue weighted by Gasteiger charge is 2.18. The van der Waals surface area contributed by atoms with E-state index in [9.17, 15) is 0 Å². The Morgan fingerprint density at radius 3 is 2.69 bits per heavy atom. The van der Waals surface area contributed by atoms with Gasteiger partial charge in [0.05, 0.1) is 41.1 Å². The molecule has 1 fully saturated rings. The van der Waals surface area contributed by atoms with E-state index in [1.54, 1.807) is 11.7 Å². The molecule has 4 N–H and O–H groups in total. The molecule has 0 saturated heterocycles. The maximum absolute atomic E-state index is 6.45. The summed E-state index contributed by atoms with van der Waals surface area (Å²) in [7, 11) is 1.76. The van der Waals surface area contributed by atoms with Crippen LogP contribution in [0.3, 0.4) is 0 Å². The van der Waals surface area contributed by atoms with Crippen molar-refractivity contribution in [3.63, 3.8) is 0 Å². The average Bonchev–Trinajstić information content (AvgIpc) is 3.15. The largest absolute Gasteiger partial charge is 0.489 e. The van der Waals surface area contributed by atoms with E-state index >= 15 is 0 Å². The Balaban J connectivity index is 1.79. The molecule has 29 heavy (non-hydrogen) atoms. The predicted octanol–water partition coefficient (Wildman–Crippen LogP) is 2.78. The molecule has 0 aromatic carbocycles. The molecule has 2 aromatic heterocycles. The number of hydrogen-bond acceptors (Lipinski definition) is 7. The van der Waals surface area contributed by atoms with Crippen molar-refractivity contribution >= 4 is 5.70 Å². The number of hydrogen-bond donors (Lipinski definition) is 2. The highest BCUT2D eigenvalue weighted by atomic mass is 16.5. The molecule has 1 aliphatic carbocycles. The molecule has 0 aliphatic heterocycles. The van der Waals surface area contributed by atoms with Gasteiger partial charge in [0.2, 0.25) is 0 Å². The van der Waals surface area contributed by atoms with Gasteiger partial charge in [-0.3, -0.25) is 0 Å². The Kier molecular flexibility index (Phi) is 7.09. The SMILES string of the molecule is CCCc1cn(C/C(=C(/N)c2ccc(OC3CCCCC3)c(C)n2)N(C)N)nn1. The molecule has 0 bridgehead atoms. The standard InChI is InChI=1S/C21H33N7O/c1-4-8-16-13-28(26-25-16)14-19(27(3)23)21(22)18-11-12-20(15(2)24-18)29-17-9-6-5-7-10-17/h11-13,17H,4-10,14,22-23H2,1-3H3/b21-19-. The van der Waals surface area contributed by atoms with Crippen molar-refractivity contribution in [3.8, 4) is 5.75 Å². The fourth-order valence-corrected chi connectivity index (χ4v) is 3.66. The first-order valence-corrected chi connectivity index (χ1v) is 10.5. The van der Waals surface area contributed by atoms with E-state index in [1.165, 1.54) is 24.3 Å². The van der Waals surface area contributed by atoms with E-state index in [-0.39, 0.29) is 0 Å². The first-order chi connectivity index (χ1) is 14.0. The number of rotatable bonds is 8. The minimum absolute atomic E-state index is 0.290. The quantitative estimate of drug-likeness (QED) is 0.519. The second kappa shape index (κ2) is 9.73. The Morgan fingerprint density at radius 2 is 2.03 bits per heavy atom. The van der Waals surface area contributed by atoms with Crippen LogP contribution in [-0.2, 0) is 13.0 Å². The van der Waals surface area contributed by atoms with E-state index in [2.05, 4.69) is 22.2 Å². The van der Waals surface area contributed by atoms with Crippen LogP contribution in [-0.4, -0.2) is 38.1 Å². The minimum Gasteiger partial charge on any atom is -0.489 e. The summed E-state index contributed by atoms with van der Waals surface area (Å²) in [5.74, 6) is 6.89. The maximum atomic E-state index is 6.45. The highest BCUT2D eigenvalue weighted by Crippen LogP contribution is 2.26. The van der Waals surface area contributed by atoms with Gasteiger partial charge < -0.3 is 15.5 Å². The lowest BCUT2D eigenvalue weighted by atomic mass is 9.98. The second-order valence-corrected chi connectivity index (χ2v) is 7.79. The summed E-state index contributed by atoms with van der Waals surface area (Å²) in [5.41, 5.74) is 10.2. The van der Waals surface area contributed by atoms with E-state index in [4.69, 9.17) is 16.3 Å². The lowest BCUT2D eigenvalue weighted by Gasteiger charge is -2.24. The predicted molar refractivity (Wildman–Crippen MR) is 114 cm³/mol. The number of allylic oxidation sites excluding steroid dienone is 1. The zero-order valence-electron chi connectivity index (χ0n) is 17.8. The summed E-state index contributed by atoms with van der Waals surface area (Å²) in [6.07, 6.45) is 10.2. The van der Waals surface area contributed by atoms with Gasteiger partial charge in [0.1, 0.15) is 5.75 Å². The minimum atomic E-state index is 0.290. The average molecular weight is 400 g/mol. The zero-order chi connectivity index (χ0) is 20.8. The van der Waals surface area contributed by atoms with Crippen LogP contribution in [0, 0.1) is 6.92 Å². The van der Waals surface area contributed by atoms with E-state index in [1.807, 2.05) is 25.3 Å². The summed E-state index contributed by atoms with van der Waals surface area (Å²) in [6, 6.07) is 3.86. The first-order valence-electron chi connectivity index (χ1n) is 10.5. The van der Waals surface area contributed by atoms with Gasteiger partial charge in [-0.15, -0.1) is 5.10 Å². The fraction of sp³-hybridized carbons (Fsp3) is 0.571. The van der Waals surface area contributed by atoms with Crippen LogP contribution >= 0.6 is 0 Å². The van der Waals surface area contributed by atoms with Crippen LogP contribution in [0.1, 0.15) is 62.5 Å². The molecular weight excluding hydrogens is 366 g/mol. The number of likely N-dealkylation sites (N-methyl/N-ethyl adjacent to an activating group) is 1. The molecule has 1 aliphatic rings. The molecule has 3 rings (SSSR count). The molecule has 2 heterocycles. The Bertz CT molecular complexity index is 837. The van der Waals surface area contributed by atoms with Gasteiger partial charge in [-0.05, 0) is 51.2 Å². The Hall–Kier alpha value is -2.61. The maximum Gasteiger partial charge on any atom is 0.140 e. The number of nitrogens with two attached hydrogens (primary N) is 2. The van der Waals surface area contributed by atoms with E-state index in [0.29, 0.717) is 24.0 Å². The lowest BCUT2D eigenvalue weighted by molar-refractivity contribution is 0.153. The van der Waals surface area contributed by atoms with Gasteiger partial charge in [-0.25, -0.2) is 15.5 Å². The van der Waals surface area contributed by atoms with Crippen LogP contribution < -0.4 is 16.3 Å². The molecule has 0 unspecified atom stereocenters. The molecule has 8 heteroatoms. The van der Waals surface area contributed by atoms with Gasteiger partial charge >= 0.3 is 0 Å². The van der Waals surface area contributed by atoms with Crippen LogP contribution in [0.4, 0.5) is 0 Å². The van der Waals surface area contributed by atoms with Crippen molar-refractivity contribution < 1.29 is 4.74 Å². The summed E-state index contributed by atoms with van der Waals surface area (Å²) >= 11 is 0. The van der Waals surface area contributed by atoms with E-state index in [0.717, 1.165) is 48.5 Å². The third-order valence-corrected chi connectivity index (χ3v) is 5.30. The van der Waals surface area contributed by atoms with Crippen molar-refractivity contribution in [2.45, 2.75) is 71.4 Å². The molecular formula is C21H33N7O. The third-order valence-electron chi connectivity index (χ3n) is 5.30. The molecule has 8 nitrogen and oxygen atoms in total. The molecule has 0 radical (unpaired) electrons. The Labute approximate surface area is 172 Å². The highest BCUT2D eigenvalue weighted by molar-refractivity contribution is 5.63. The van der Waals surface area contributed by atoms with Crippen molar-refractivity contribution in [3.05, 3.63) is 41.1 Å². The smallest absolute Gasteiger partial charge is 0.140 e. The molecule has 0 spiro atoms. The number of aromatic nitrogens is 4. The van der Waals surface area contributed by atoms with Crippen molar-refractivity contribution in [2.24, 2.45) is 11.6 Å². The number of aryl methyl sites for hydroxylation is 2. The first kappa shape index (κ1) is 21.1. The molecule has 1 saturated carbocycles. The molecule has 0 amide bonds. The van der Waals surface area contributed by atoms with Crippen LogP contribution in [0.2, 0.25) is 0 Å². The lowest BCUT2D eigenvalue weighted by Crippen LogP contribution is -2.30. The molecule has 0 atom stereocenters. The molecule has 2 aromatic rings. The van der Waals surface area contributed by atoms with Gasteiger partial charge in [-0.1, -0.05) is 25.0 Å². The van der Waals surface area contributed by atoms with Gasteiger partial charge in [0, 0.05) is 13.2 Å². The van der Waals surface area contributed by atoms with Crippen LogP contribution in [0.5, 0.6) is 5.75 Å². The van der Waals surface area contributed by atoms with Crippen LogP contribution in [0.25, 0.3) is 5.70 Å². The summed E-state index contributed by atoms with van der Waals surface area (Å²) in [5, 5.41) is 9.89. The van der Waals surface area contributed by atoms with Crippen molar-refractivity contribution in [1.82, 2.24) is 25.0 Å². The van der Waals surface area contributed by atoms with Crippen molar-refractivity contribution in [2.75, 3.05) is 7.05 Å².